The van der Waals surface area contributed by atoms with Crippen LogP contribution in [0.4, 0.5) is 0 Å². The van der Waals surface area contributed by atoms with E-state index in [0.717, 1.165) is 6.42 Å². The third kappa shape index (κ3) is 3.03. The average Bonchev–Trinajstić information content (AvgIpc) is 2.26. The average molecular weight is 242 g/mol. The predicted octanol–water partition coefficient (Wildman–Crippen LogP) is 3.95. The van der Waals surface area contributed by atoms with Crippen LogP contribution in [0, 0.1) is 29.6 Å². The SMILES string of the molecule is CCC1OC(OC)C(C(C)C)C(C)C1C(C)C. The molecule has 0 aliphatic carbocycles. The Hall–Kier alpha value is -0.0800. The summed E-state index contributed by atoms with van der Waals surface area (Å²) in [6, 6.07) is 0. The van der Waals surface area contributed by atoms with Crippen molar-refractivity contribution in [3.63, 3.8) is 0 Å². The van der Waals surface area contributed by atoms with Gasteiger partial charge < -0.3 is 9.47 Å². The lowest BCUT2D eigenvalue weighted by Crippen LogP contribution is -2.50. The Morgan fingerprint density at radius 2 is 1.59 bits per heavy atom. The van der Waals surface area contributed by atoms with Gasteiger partial charge in [-0.1, -0.05) is 41.5 Å². The lowest BCUT2D eigenvalue weighted by Gasteiger charge is -2.48. The minimum Gasteiger partial charge on any atom is -0.356 e. The van der Waals surface area contributed by atoms with E-state index in [1.54, 1.807) is 7.11 Å². The molecule has 2 heteroatoms. The zero-order chi connectivity index (χ0) is 13.2. The van der Waals surface area contributed by atoms with Gasteiger partial charge in [-0.3, -0.25) is 0 Å². The maximum Gasteiger partial charge on any atom is 0.160 e. The van der Waals surface area contributed by atoms with Crippen molar-refractivity contribution >= 4 is 0 Å². The Labute approximate surface area is 107 Å². The van der Waals surface area contributed by atoms with Gasteiger partial charge in [0, 0.05) is 13.0 Å². The van der Waals surface area contributed by atoms with Gasteiger partial charge in [-0.05, 0) is 30.1 Å². The second kappa shape index (κ2) is 6.19. The molecule has 17 heavy (non-hydrogen) atoms. The fourth-order valence-electron chi connectivity index (χ4n) is 3.74. The third-order valence-electron chi connectivity index (χ3n) is 4.44. The fourth-order valence-corrected chi connectivity index (χ4v) is 3.74. The molecule has 5 atom stereocenters. The number of rotatable bonds is 4. The van der Waals surface area contributed by atoms with Crippen molar-refractivity contribution < 1.29 is 9.47 Å². The van der Waals surface area contributed by atoms with Gasteiger partial charge in [0.1, 0.15) is 0 Å². The normalized spacial score (nSPS) is 39.0. The van der Waals surface area contributed by atoms with E-state index in [1.165, 1.54) is 0 Å². The summed E-state index contributed by atoms with van der Waals surface area (Å²) in [5.74, 6) is 3.11. The Morgan fingerprint density at radius 1 is 1.06 bits per heavy atom. The second-order valence-electron chi connectivity index (χ2n) is 6.19. The van der Waals surface area contributed by atoms with Crippen LogP contribution < -0.4 is 0 Å². The highest BCUT2D eigenvalue weighted by atomic mass is 16.7. The Morgan fingerprint density at radius 3 is 1.94 bits per heavy atom. The van der Waals surface area contributed by atoms with Gasteiger partial charge in [0.05, 0.1) is 6.10 Å². The molecule has 0 bridgehead atoms. The smallest absolute Gasteiger partial charge is 0.160 e. The molecular formula is C15H30O2. The van der Waals surface area contributed by atoms with E-state index in [-0.39, 0.29) is 6.29 Å². The fraction of sp³-hybridized carbons (Fsp3) is 1.00. The van der Waals surface area contributed by atoms with Crippen LogP contribution >= 0.6 is 0 Å². The van der Waals surface area contributed by atoms with Crippen molar-refractivity contribution in [2.75, 3.05) is 7.11 Å². The molecule has 1 rings (SSSR count). The maximum absolute atomic E-state index is 6.18. The minimum atomic E-state index is -0.0232. The largest absolute Gasteiger partial charge is 0.356 e. The van der Waals surface area contributed by atoms with Crippen LogP contribution in [0.2, 0.25) is 0 Å². The van der Waals surface area contributed by atoms with E-state index in [2.05, 4.69) is 41.5 Å². The van der Waals surface area contributed by atoms with Crippen molar-refractivity contribution in [3.8, 4) is 0 Å². The summed E-state index contributed by atoms with van der Waals surface area (Å²) >= 11 is 0. The first-order chi connectivity index (χ1) is 7.93. The van der Waals surface area contributed by atoms with Gasteiger partial charge in [-0.25, -0.2) is 0 Å². The molecule has 0 radical (unpaired) electrons. The van der Waals surface area contributed by atoms with Crippen LogP contribution in [0.3, 0.4) is 0 Å². The molecule has 0 aromatic heterocycles. The van der Waals surface area contributed by atoms with E-state index in [1.807, 2.05) is 0 Å². The van der Waals surface area contributed by atoms with Crippen molar-refractivity contribution in [2.24, 2.45) is 29.6 Å². The summed E-state index contributed by atoms with van der Waals surface area (Å²) in [4.78, 5) is 0. The second-order valence-corrected chi connectivity index (χ2v) is 6.19. The molecule has 1 heterocycles. The third-order valence-corrected chi connectivity index (χ3v) is 4.44. The van der Waals surface area contributed by atoms with Crippen LogP contribution in [-0.2, 0) is 9.47 Å². The van der Waals surface area contributed by atoms with Crippen molar-refractivity contribution in [1.29, 1.82) is 0 Å². The zero-order valence-corrected chi connectivity index (χ0v) is 12.6. The van der Waals surface area contributed by atoms with Gasteiger partial charge in [0.25, 0.3) is 0 Å². The van der Waals surface area contributed by atoms with E-state index in [4.69, 9.17) is 9.47 Å². The van der Waals surface area contributed by atoms with Crippen LogP contribution in [0.15, 0.2) is 0 Å². The number of ether oxygens (including phenoxy) is 2. The number of hydrogen-bond donors (Lipinski definition) is 0. The molecule has 0 aromatic rings. The molecule has 0 amide bonds. The lowest BCUT2D eigenvalue weighted by molar-refractivity contribution is -0.257. The Kier molecular flexibility index (Phi) is 5.46. The van der Waals surface area contributed by atoms with Crippen molar-refractivity contribution in [3.05, 3.63) is 0 Å². The minimum absolute atomic E-state index is 0.0232. The van der Waals surface area contributed by atoms with Gasteiger partial charge in [-0.2, -0.15) is 0 Å². The monoisotopic (exact) mass is 242 g/mol. The van der Waals surface area contributed by atoms with Crippen LogP contribution in [0.5, 0.6) is 0 Å². The highest BCUT2D eigenvalue weighted by Crippen LogP contribution is 2.43. The predicted molar refractivity (Wildman–Crippen MR) is 71.8 cm³/mol. The number of hydrogen-bond acceptors (Lipinski definition) is 2. The molecule has 102 valence electrons. The molecule has 0 spiro atoms. The van der Waals surface area contributed by atoms with E-state index < -0.39 is 0 Å². The summed E-state index contributed by atoms with van der Waals surface area (Å²) in [5.41, 5.74) is 0. The molecule has 2 nitrogen and oxygen atoms in total. The van der Waals surface area contributed by atoms with E-state index in [0.29, 0.717) is 35.7 Å². The molecule has 5 unspecified atom stereocenters. The Bertz CT molecular complexity index is 203. The molecule has 1 saturated heterocycles. The highest BCUT2D eigenvalue weighted by Gasteiger charge is 2.45. The topological polar surface area (TPSA) is 18.5 Å². The lowest BCUT2D eigenvalue weighted by atomic mass is 9.68. The van der Waals surface area contributed by atoms with Gasteiger partial charge in [-0.15, -0.1) is 0 Å². The van der Waals surface area contributed by atoms with Crippen LogP contribution in [0.1, 0.15) is 48.0 Å². The molecule has 0 saturated carbocycles. The first kappa shape index (κ1) is 15.0. The maximum atomic E-state index is 6.18. The summed E-state index contributed by atoms with van der Waals surface area (Å²) in [5, 5.41) is 0. The molecule has 0 aromatic carbocycles. The Balaban J connectivity index is 2.93. The summed E-state index contributed by atoms with van der Waals surface area (Å²) in [6.07, 6.45) is 1.41. The molecule has 1 aliphatic rings. The standard InChI is InChI=1S/C15H30O2/c1-8-12-13(9(2)3)11(6)14(10(4)5)15(16-7)17-12/h9-15H,8H2,1-7H3. The molecule has 1 aliphatic heterocycles. The summed E-state index contributed by atoms with van der Waals surface area (Å²) in [7, 11) is 1.77. The van der Waals surface area contributed by atoms with Crippen LogP contribution in [0.25, 0.3) is 0 Å². The summed E-state index contributed by atoms with van der Waals surface area (Å²) in [6.45, 7) is 13.8. The molecule has 1 fully saturated rings. The first-order valence-corrected chi connectivity index (χ1v) is 7.12. The molecular weight excluding hydrogens is 212 g/mol. The van der Waals surface area contributed by atoms with Crippen molar-refractivity contribution in [2.45, 2.75) is 60.4 Å². The van der Waals surface area contributed by atoms with E-state index in [9.17, 15) is 0 Å². The molecule has 0 N–H and O–H groups in total. The first-order valence-electron chi connectivity index (χ1n) is 7.12. The van der Waals surface area contributed by atoms with Crippen molar-refractivity contribution in [1.82, 2.24) is 0 Å². The van der Waals surface area contributed by atoms with Crippen LogP contribution in [-0.4, -0.2) is 19.5 Å². The van der Waals surface area contributed by atoms with Gasteiger partial charge in [0.2, 0.25) is 0 Å². The van der Waals surface area contributed by atoms with Gasteiger partial charge in [0.15, 0.2) is 6.29 Å². The van der Waals surface area contributed by atoms with E-state index >= 15 is 0 Å². The number of methoxy groups -OCH3 is 1. The highest BCUT2D eigenvalue weighted by molar-refractivity contribution is 4.89. The van der Waals surface area contributed by atoms with Gasteiger partial charge >= 0.3 is 0 Å². The zero-order valence-electron chi connectivity index (χ0n) is 12.6. The summed E-state index contributed by atoms with van der Waals surface area (Å²) < 4.78 is 11.8. The quantitative estimate of drug-likeness (QED) is 0.743.